The maximum Gasteiger partial charge on any atom is 0.337 e. The number of aryl methyl sites for hydroxylation is 1. The number of hydrogen-bond donors (Lipinski definition) is 2. The van der Waals surface area contributed by atoms with Crippen molar-refractivity contribution in [1.82, 2.24) is 4.98 Å². The molecule has 0 amide bonds. The molecule has 4 nitrogen and oxygen atoms in total. The Labute approximate surface area is 117 Å². The monoisotopic (exact) mass is 326 g/mol. The predicted octanol–water partition coefficient (Wildman–Crippen LogP) is 3.52. The molecule has 0 saturated heterocycles. The van der Waals surface area contributed by atoms with Gasteiger partial charge in [0.2, 0.25) is 0 Å². The molecule has 0 aliphatic carbocycles. The molecule has 94 valence electrons. The molecule has 2 aromatic rings. The third-order valence-electron chi connectivity index (χ3n) is 2.33. The second kappa shape index (κ2) is 5.49. The van der Waals surface area contributed by atoms with Gasteiger partial charge in [-0.05, 0) is 25.1 Å². The van der Waals surface area contributed by atoms with Crippen LogP contribution in [0.1, 0.15) is 20.2 Å². The number of carbonyl (C=O) groups is 1. The van der Waals surface area contributed by atoms with Crippen molar-refractivity contribution in [1.29, 1.82) is 0 Å². The molecular weight excluding hydrogens is 316 g/mol. The fourth-order valence-corrected chi connectivity index (χ4v) is 2.61. The van der Waals surface area contributed by atoms with Crippen LogP contribution in [0.3, 0.4) is 0 Å². The van der Waals surface area contributed by atoms with Crippen molar-refractivity contribution in [2.24, 2.45) is 0 Å². The number of carboxylic acid groups (broad SMARTS) is 1. The molecule has 1 aromatic carbocycles. The van der Waals surface area contributed by atoms with E-state index in [0.717, 1.165) is 14.4 Å². The smallest absolute Gasteiger partial charge is 0.337 e. The van der Waals surface area contributed by atoms with Gasteiger partial charge in [-0.2, -0.15) is 0 Å². The summed E-state index contributed by atoms with van der Waals surface area (Å²) in [6, 6.07) is 5.05. The molecule has 0 saturated carbocycles. The minimum atomic E-state index is -0.939. The number of nitrogens with one attached hydrogen (secondary N) is 1. The lowest BCUT2D eigenvalue weighted by atomic mass is 10.2. The highest BCUT2D eigenvalue weighted by molar-refractivity contribution is 9.10. The Balaban J connectivity index is 2.17. The van der Waals surface area contributed by atoms with E-state index in [0.29, 0.717) is 12.2 Å². The Morgan fingerprint density at radius 3 is 2.94 bits per heavy atom. The van der Waals surface area contributed by atoms with Crippen LogP contribution in [0.2, 0.25) is 0 Å². The van der Waals surface area contributed by atoms with Gasteiger partial charge in [0.1, 0.15) is 0 Å². The van der Waals surface area contributed by atoms with E-state index in [1.54, 1.807) is 35.7 Å². The number of benzene rings is 1. The standard InChI is InChI=1S/C12H11BrN2O2S/c1-7-14-5-9(18-7)6-15-11-4-8(13)2-3-10(11)12(16)17/h2-5,15H,6H2,1H3,(H,16,17). The van der Waals surface area contributed by atoms with Crippen LogP contribution in [0, 0.1) is 6.92 Å². The van der Waals surface area contributed by atoms with Crippen molar-refractivity contribution in [2.75, 3.05) is 5.32 Å². The highest BCUT2D eigenvalue weighted by Gasteiger charge is 2.10. The summed E-state index contributed by atoms with van der Waals surface area (Å²) in [5.41, 5.74) is 0.863. The molecule has 0 radical (unpaired) electrons. The summed E-state index contributed by atoms with van der Waals surface area (Å²) >= 11 is 4.93. The largest absolute Gasteiger partial charge is 0.478 e. The Morgan fingerprint density at radius 1 is 1.56 bits per heavy atom. The zero-order valence-electron chi connectivity index (χ0n) is 9.61. The van der Waals surface area contributed by atoms with Gasteiger partial charge in [-0.3, -0.25) is 0 Å². The van der Waals surface area contributed by atoms with Crippen LogP contribution in [0.5, 0.6) is 0 Å². The molecule has 0 fully saturated rings. The molecule has 0 aliphatic rings. The molecule has 2 N–H and O–H groups in total. The maximum absolute atomic E-state index is 11.1. The summed E-state index contributed by atoms with van der Waals surface area (Å²) in [6.45, 7) is 2.51. The van der Waals surface area contributed by atoms with Gasteiger partial charge in [0.05, 0.1) is 22.8 Å². The molecule has 18 heavy (non-hydrogen) atoms. The minimum absolute atomic E-state index is 0.263. The van der Waals surface area contributed by atoms with Gasteiger partial charge in [0.25, 0.3) is 0 Å². The highest BCUT2D eigenvalue weighted by atomic mass is 79.9. The second-order valence-electron chi connectivity index (χ2n) is 3.69. The van der Waals surface area contributed by atoms with Crippen LogP contribution < -0.4 is 5.32 Å². The number of aromatic carboxylic acids is 1. The van der Waals surface area contributed by atoms with Crippen LogP contribution in [0.25, 0.3) is 0 Å². The lowest BCUT2D eigenvalue weighted by Crippen LogP contribution is -2.05. The number of nitrogens with zero attached hydrogens (tertiary/aromatic N) is 1. The SMILES string of the molecule is Cc1ncc(CNc2cc(Br)ccc2C(=O)O)s1. The van der Waals surface area contributed by atoms with Crippen LogP contribution in [0.15, 0.2) is 28.9 Å². The van der Waals surface area contributed by atoms with Crippen LogP contribution in [-0.2, 0) is 6.54 Å². The lowest BCUT2D eigenvalue weighted by molar-refractivity contribution is 0.0698. The zero-order valence-corrected chi connectivity index (χ0v) is 12.0. The Kier molecular flexibility index (Phi) is 3.98. The van der Waals surface area contributed by atoms with E-state index in [4.69, 9.17) is 5.11 Å². The molecule has 2 rings (SSSR count). The second-order valence-corrected chi connectivity index (χ2v) is 5.93. The molecular formula is C12H11BrN2O2S. The number of anilines is 1. The number of halogens is 1. The minimum Gasteiger partial charge on any atom is -0.478 e. The first-order valence-corrected chi connectivity index (χ1v) is 6.85. The van der Waals surface area contributed by atoms with Gasteiger partial charge in [0, 0.05) is 15.5 Å². The lowest BCUT2D eigenvalue weighted by Gasteiger charge is -2.08. The molecule has 0 unspecified atom stereocenters. The van der Waals surface area contributed by atoms with Gasteiger partial charge < -0.3 is 10.4 Å². The average Bonchev–Trinajstić information content (AvgIpc) is 2.72. The van der Waals surface area contributed by atoms with E-state index in [1.165, 1.54) is 0 Å². The van der Waals surface area contributed by atoms with Crippen molar-refractivity contribution >= 4 is 38.9 Å². The Hall–Kier alpha value is -1.40. The van der Waals surface area contributed by atoms with Crippen molar-refractivity contribution < 1.29 is 9.90 Å². The van der Waals surface area contributed by atoms with Gasteiger partial charge in [0.15, 0.2) is 0 Å². The molecule has 6 heteroatoms. The molecule has 1 heterocycles. The van der Waals surface area contributed by atoms with Gasteiger partial charge in [-0.25, -0.2) is 9.78 Å². The van der Waals surface area contributed by atoms with E-state index < -0.39 is 5.97 Å². The summed E-state index contributed by atoms with van der Waals surface area (Å²) < 4.78 is 0.843. The topological polar surface area (TPSA) is 62.2 Å². The molecule has 0 aliphatic heterocycles. The average molecular weight is 327 g/mol. The Morgan fingerprint density at radius 2 is 2.33 bits per heavy atom. The molecule has 0 spiro atoms. The first-order valence-electron chi connectivity index (χ1n) is 5.24. The van der Waals surface area contributed by atoms with Crippen molar-refractivity contribution in [3.05, 3.63) is 44.3 Å². The maximum atomic E-state index is 11.1. The highest BCUT2D eigenvalue weighted by Crippen LogP contribution is 2.23. The molecule has 0 bridgehead atoms. The molecule has 1 aromatic heterocycles. The number of hydrogen-bond acceptors (Lipinski definition) is 4. The number of carboxylic acids is 1. The van der Waals surface area contributed by atoms with Crippen molar-refractivity contribution in [2.45, 2.75) is 13.5 Å². The quantitative estimate of drug-likeness (QED) is 0.902. The predicted molar refractivity (Wildman–Crippen MR) is 75.3 cm³/mol. The van der Waals surface area contributed by atoms with E-state index in [1.807, 2.05) is 6.92 Å². The number of rotatable bonds is 4. The fourth-order valence-electron chi connectivity index (χ4n) is 1.52. The first-order chi connectivity index (χ1) is 8.56. The zero-order chi connectivity index (χ0) is 13.1. The van der Waals surface area contributed by atoms with Gasteiger partial charge >= 0.3 is 5.97 Å². The summed E-state index contributed by atoms with van der Waals surface area (Å²) in [7, 11) is 0. The van der Waals surface area contributed by atoms with Crippen molar-refractivity contribution in [3.63, 3.8) is 0 Å². The first kappa shape index (κ1) is 13.0. The van der Waals surface area contributed by atoms with Gasteiger partial charge in [-0.15, -0.1) is 11.3 Å². The fraction of sp³-hybridized carbons (Fsp3) is 0.167. The van der Waals surface area contributed by atoms with E-state index in [9.17, 15) is 4.79 Å². The Bertz CT molecular complexity index is 583. The van der Waals surface area contributed by atoms with E-state index in [-0.39, 0.29) is 5.56 Å². The number of thiazole rings is 1. The van der Waals surface area contributed by atoms with Crippen LogP contribution >= 0.6 is 27.3 Å². The van der Waals surface area contributed by atoms with E-state index >= 15 is 0 Å². The van der Waals surface area contributed by atoms with Gasteiger partial charge in [-0.1, -0.05) is 15.9 Å². The summed E-state index contributed by atoms with van der Waals surface area (Å²) in [5, 5.41) is 13.2. The number of aromatic nitrogens is 1. The molecule has 0 atom stereocenters. The third kappa shape index (κ3) is 3.08. The third-order valence-corrected chi connectivity index (χ3v) is 3.74. The summed E-state index contributed by atoms with van der Waals surface area (Å²) in [4.78, 5) is 16.3. The van der Waals surface area contributed by atoms with E-state index in [2.05, 4.69) is 26.2 Å². The van der Waals surface area contributed by atoms with Crippen LogP contribution in [-0.4, -0.2) is 16.1 Å². The van der Waals surface area contributed by atoms with Crippen molar-refractivity contribution in [3.8, 4) is 0 Å². The van der Waals surface area contributed by atoms with Crippen LogP contribution in [0.4, 0.5) is 5.69 Å². The normalized spacial score (nSPS) is 10.3. The summed E-state index contributed by atoms with van der Waals surface area (Å²) in [5.74, 6) is -0.939. The summed E-state index contributed by atoms with van der Waals surface area (Å²) in [6.07, 6.45) is 1.80.